The quantitative estimate of drug-likeness (QED) is 0.313. The van der Waals surface area contributed by atoms with Gasteiger partial charge in [0.1, 0.15) is 6.61 Å². The van der Waals surface area contributed by atoms with E-state index in [9.17, 15) is 14.7 Å². The largest absolute Gasteiger partial charge is 0.465 e. The van der Waals surface area contributed by atoms with E-state index in [4.69, 9.17) is 14.2 Å². The van der Waals surface area contributed by atoms with Gasteiger partial charge in [-0.15, -0.1) is 0 Å². The van der Waals surface area contributed by atoms with Crippen LogP contribution in [-0.2, 0) is 31.8 Å². The summed E-state index contributed by atoms with van der Waals surface area (Å²) >= 11 is 0. The Morgan fingerprint density at radius 2 is 1.70 bits per heavy atom. The smallest absolute Gasteiger partial charge is 0.337 e. The van der Waals surface area contributed by atoms with E-state index in [1.807, 2.05) is 55.5 Å². The number of methoxy groups -OCH3 is 1. The van der Waals surface area contributed by atoms with Gasteiger partial charge in [-0.2, -0.15) is 0 Å². The molecule has 6 heteroatoms. The molecule has 6 nitrogen and oxygen atoms in total. The molecule has 0 aromatic heterocycles. The van der Waals surface area contributed by atoms with Gasteiger partial charge in [0.25, 0.3) is 0 Å². The topological polar surface area (TPSA) is 82.1 Å². The zero-order valence-corrected chi connectivity index (χ0v) is 19.7. The number of aliphatic hydroxyl groups is 1. The van der Waals surface area contributed by atoms with Gasteiger partial charge >= 0.3 is 11.9 Å². The van der Waals surface area contributed by atoms with Crippen LogP contribution in [-0.4, -0.2) is 49.6 Å². The highest BCUT2D eigenvalue weighted by atomic mass is 16.5. The molecule has 2 atom stereocenters. The van der Waals surface area contributed by atoms with Crippen molar-refractivity contribution >= 4 is 11.9 Å². The maximum atomic E-state index is 11.8. The zero-order valence-electron chi connectivity index (χ0n) is 19.7. The highest BCUT2D eigenvalue weighted by Gasteiger charge is 2.11. The van der Waals surface area contributed by atoms with Gasteiger partial charge in [-0.05, 0) is 68.7 Å². The van der Waals surface area contributed by atoms with Gasteiger partial charge in [0.2, 0.25) is 0 Å². The average molecular weight is 457 g/mol. The minimum Gasteiger partial charge on any atom is -0.465 e. The van der Waals surface area contributed by atoms with Gasteiger partial charge in [0.05, 0.1) is 24.9 Å². The normalized spacial score (nSPS) is 12.7. The summed E-state index contributed by atoms with van der Waals surface area (Å²) in [6.07, 6.45) is 4.27. The molecule has 0 heterocycles. The van der Waals surface area contributed by atoms with Gasteiger partial charge in [-0.25, -0.2) is 4.79 Å². The lowest BCUT2D eigenvalue weighted by molar-refractivity contribution is -0.146. The third-order valence-corrected chi connectivity index (χ3v) is 5.41. The Balaban J connectivity index is 1.51. The van der Waals surface area contributed by atoms with Crippen molar-refractivity contribution in [3.05, 3.63) is 71.3 Å². The summed E-state index contributed by atoms with van der Waals surface area (Å²) < 4.78 is 15.8. The summed E-state index contributed by atoms with van der Waals surface area (Å²) in [4.78, 5) is 23.4. The number of benzene rings is 2. The zero-order chi connectivity index (χ0) is 23.9. The Hall–Kier alpha value is -2.70. The molecule has 0 saturated heterocycles. The van der Waals surface area contributed by atoms with E-state index in [2.05, 4.69) is 0 Å². The molecule has 0 radical (unpaired) electrons. The third-order valence-electron chi connectivity index (χ3n) is 5.41. The van der Waals surface area contributed by atoms with Crippen LogP contribution in [0, 0.1) is 0 Å². The number of aryl methyl sites for hydroxylation is 2. The third kappa shape index (κ3) is 11.1. The molecule has 180 valence electrons. The molecule has 2 rings (SSSR count). The molecule has 2 unspecified atom stereocenters. The van der Waals surface area contributed by atoms with Crippen LogP contribution in [0.5, 0.6) is 0 Å². The second-order valence-corrected chi connectivity index (χ2v) is 8.23. The lowest BCUT2D eigenvalue weighted by Gasteiger charge is -2.15. The highest BCUT2D eigenvalue weighted by molar-refractivity contribution is 5.89. The fraction of sp³-hybridized carbons (Fsp3) is 0.481. The first-order valence-electron chi connectivity index (χ1n) is 11.6. The van der Waals surface area contributed by atoms with E-state index in [0.717, 1.165) is 36.8 Å². The summed E-state index contributed by atoms with van der Waals surface area (Å²) in [6.45, 7) is 2.69. The molecule has 0 aliphatic heterocycles. The molecule has 2 aromatic carbocycles. The standard InChI is InChI=1S/C27H36O6/c1-21(32-18-8-13-23-12-7-14-24(19-23)27(30)31-2)9-6-15-25(28)20-33-26(29)17-16-22-10-4-3-5-11-22/h3-5,7,10-12,14,19,21,25,28H,6,8-9,13,15-18,20H2,1-2H3. The molecule has 0 fully saturated rings. The summed E-state index contributed by atoms with van der Waals surface area (Å²) in [5.74, 6) is -0.613. The lowest BCUT2D eigenvalue weighted by Crippen LogP contribution is -2.19. The van der Waals surface area contributed by atoms with E-state index >= 15 is 0 Å². The monoisotopic (exact) mass is 456 g/mol. The molecular weight excluding hydrogens is 420 g/mol. The number of aliphatic hydroxyl groups excluding tert-OH is 1. The van der Waals surface area contributed by atoms with E-state index in [1.165, 1.54) is 7.11 Å². The minimum absolute atomic E-state index is 0.0352. The molecule has 33 heavy (non-hydrogen) atoms. The summed E-state index contributed by atoms with van der Waals surface area (Å²) in [7, 11) is 1.38. The fourth-order valence-electron chi connectivity index (χ4n) is 3.49. The molecule has 0 amide bonds. The summed E-state index contributed by atoms with van der Waals surface area (Å²) in [6, 6.07) is 17.2. The first kappa shape index (κ1) is 26.6. The molecule has 0 bridgehead atoms. The number of ether oxygens (including phenoxy) is 3. The van der Waals surface area contributed by atoms with Crippen LogP contribution >= 0.6 is 0 Å². The second kappa shape index (κ2) is 15.2. The number of hydrogen-bond donors (Lipinski definition) is 1. The van der Waals surface area contributed by atoms with Crippen LogP contribution in [0.2, 0.25) is 0 Å². The van der Waals surface area contributed by atoms with Gasteiger partial charge in [-0.1, -0.05) is 42.5 Å². The van der Waals surface area contributed by atoms with Crippen LogP contribution in [0.3, 0.4) is 0 Å². The van der Waals surface area contributed by atoms with E-state index in [0.29, 0.717) is 31.4 Å². The van der Waals surface area contributed by atoms with Crippen molar-refractivity contribution in [3.63, 3.8) is 0 Å². The second-order valence-electron chi connectivity index (χ2n) is 8.23. The number of carbonyl (C=O) groups is 2. The lowest BCUT2D eigenvalue weighted by atomic mass is 10.1. The minimum atomic E-state index is -0.653. The van der Waals surface area contributed by atoms with Gasteiger partial charge in [0.15, 0.2) is 0 Å². The van der Waals surface area contributed by atoms with Crippen molar-refractivity contribution in [2.45, 2.75) is 64.1 Å². The summed E-state index contributed by atoms with van der Waals surface area (Å²) in [5.41, 5.74) is 2.74. The molecule has 0 aliphatic rings. The maximum Gasteiger partial charge on any atom is 0.337 e. The summed E-state index contributed by atoms with van der Waals surface area (Å²) in [5, 5.41) is 10.1. The maximum absolute atomic E-state index is 11.8. The highest BCUT2D eigenvalue weighted by Crippen LogP contribution is 2.11. The van der Waals surface area contributed by atoms with Crippen LogP contribution in [0.15, 0.2) is 54.6 Å². The van der Waals surface area contributed by atoms with Crippen LogP contribution < -0.4 is 0 Å². The van der Waals surface area contributed by atoms with Crippen molar-refractivity contribution in [3.8, 4) is 0 Å². The Bertz CT molecular complexity index is 836. The van der Waals surface area contributed by atoms with Crippen LogP contribution in [0.4, 0.5) is 0 Å². The van der Waals surface area contributed by atoms with Gasteiger partial charge in [0, 0.05) is 13.0 Å². The van der Waals surface area contributed by atoms with Crippen molar-refractivity contribution in [2.75, 3.05) is 20.3 Å². The van der Waals surface area contributed by atoms with E-state index in [-0.39, 0.29) is 24.6 Å². The Morgan fingerprint density at radius 3 is 2.45 bits per heavy atom. The Morgan fingerprint density at radius 1 is 0.939 bits per heavy atom. The predicted molar refractivity (Wildman–Crippen MR) is 127 cm³/mol. The van der Waals surface area contributed by atoms with Crippen molar-refractivity contribution in [1.82, 2.24) is 0 Å². The number of esters is 2. The Kier molecular flexibility index (Phi) is 12.2. The van der Waals surface area contributed by atoms with Crippen molar-refractivity contribution in [2.24, 2.45) is 0 Å². The van der Waals surface area contributed by atoms with Crippen molar-refractivity contribution < 1.29 is 28.9 Å². The average Bonchev–Trinajstić information content (AvgIpc) is 2.84. The number of rotatable bonds is 15. The van der Waals surface area contributed by atoms with Gasteiger partial charge < -0.3 is 19.3 Å². The first-order valence-corrected chi connectivity index (χ1v) is 11.6. The molecular formula is C27H36O6. The fourth-order valence-corrected chi connectivity index (χ4v) is 3.49. The van der Waals surface area contributed by atoms with Crippen molar-refractivity contribution in [1.29, 1.82) is 0 Å². The van der Waals surface area contributed by atoms with Crippen LogP contribution in [0.1, 0.15) is 60.5 Å². The molecule has 2 aromatic rings. The SMILES string of the molecule is COC(=O)c1cccc(CCCOC(C)CCCC(O)COC(=O)CCc2ccccc2)c1. The van der Waals surface area contributed by atoms with E-state index < -0.39 is 6.10 Å². The molecule has 0 spiro atoms. The van der Waals surface area contributed by atoms with Gasteiger partial charge in [-0.3, -0.25) is 4.79 Å². The van der Waals surface area contributed by atoms with E-state index in [1.54, 1.807) is 6.07 Å². The Labute approximate surface area is 196 Å². The molecule has 1 N–H and O–H groups in total. The first-order chi connectivity index (χ1) is 16.0. The number of carbonyl (C=O) groups excluding carboxylic acids is 2. The van der Waals surface area contributed by atoms with Crippen LogP contribution in [0.25, 0.3) is 0 Å². The molecule has 0 aliphatic carbocycles. The molecule has 0 saturated carbocycles. The number of hydrogen-bond acceptors (Lipinski definition) is 6. The predicted octanol–water partition coefficient (Wildman–Crippen LogP) is 4.52.